The topological polar surface area (TPSA) is 67.1 Å². The molecule has 2 aliphatic heterocycles. The number of nitrogens with zero attached hydrogens (tertiary/aromatic N) is 5. The van der Waals surface area contributed by atoms with Gasteiger partial charge in [-0.05, 0) is 36.5 Å². The molecule has 0 saturated carbocycles. The van der Waals surface area contributed by atoms with Gasteiger partial charge in [-0.3, -0.25) is 9.80 Å². The molecular weight excluding hydrogens is 366 g/mol. The minimum absolute atomic E-state index is 0.605. The SMILES string of the molecule is COc1ccc(-c2noc(CN3CCN(CN4CCOC4=S)CC3)n2)cc1. The van der Waals surface area contributed by atoms with Crippen LogP contribution in [0.15, 0.2) is 28.8 Å². The van der Waals surface area contributed by atoms with Gasteiger partial charge >= 0.3 is 0 Å². The van der Waals surface area contributed by atoms with Gasteiger partial charge in [0.25, 0.3) is 5.17 Å². The summed E-state index contributed by atoms with van der Waals surface area (Å²) >= 11 is 5.21. The number of aromatic nitrogens is 2. The standard InChI is InChI=1S/C18H23N5O3S/c1-24-15-4-2-14(3-5-15)17-19-16(26-20-17)12-21-6-8-22(9-7-21)13-23-10-11-25-18(23)27/h2-5H,6-13H2,1H3. The van der Waals surface area contributed by atoms with Crippen molar-refractivity contribution in [3.63, 3.8) is 0 Å². The van der Waals surface area contributed by atoms with Gasteiger partial charge in [-0.25, -0.2) is 0 Å². The molecule has 0 aliphatic carbocycles. The summed E-state index contributed by atoms with van der Waals surface area (Å²) in [6.07, 6.45) is 0. The van der Waals surface area contributed by atoms with E-state index in [1.807, 2.05) is 24.3 Å². The van der Waals surface area contributed by atoms with E-state index in [-0.39, 0.29) is 0 Å². The second-order valence-corrected chi connectivity index (χ2v) is 7.00. The third-order valence-corrected chi connectivity index (χ3v) is 5.23. The summed E-state index contributed by atoms with van der Waals surface area (Å²) in [5.74, 6) is 2.05. The number of hydrogen-bond acceptors (Lipinski definition) is 8. The highest BCUT2D eigenvalue weighted by atomic mass is 32.1. The molecule has 2 aliphatic rings. The number of methoxy groups -OCH3 is 1. The lowest BCUT2D eigenvalue weighted by atomic mass is 10.2. The van der Waals surface area contributed by atoms with Crippen LogP contribution in [-0.4, -0.2) is 83.1 Å². The Hall–Kier alpha value is -2.23. The van der Waals surface area contributed by atoms with E-state index in [0.717, 1.165) is 50.7 Å². The molecule has 0 bridgehead atoms. The maximum Gasteiger partial charge on any atom is 0.260 e. The Morgan fingerprint density at radius 3 is 2.48 bits per heavy atom. The Bertz CT molecular complexity index is 774. The summed E-state index contributed by atoms with van der Waals surface area (Å²) in [5, 5.41) is 4.72. The Morgan fingerprint density at radius 2 is 1.81 bits per heavy atom. The molecule has 1 aromatic heterocycles. The van der Waals surface area contributed by atoms with Gasteiger partial charge in [0, 0.05) is 31.7 Å². The zero-order valence-corrected chi connectivity index (χ0v) is 16.2. The third-order valence-electron chi connectivity index (χ3n) is 4.86. The van der Waals surface area contributed by atoms with Crippen molar-refractivity contribution in [3.8, 4) is 17.1 Å². The van der Waals surface area contributed by atoms with Crippen molar-refractivity contribution in [2.75, 3.05) is 53.1 Å². The van der Waals surface area contributed by atoms with Crippen LogP contribution >= 0.6 is 12.2 Å². The first-order valence-electron chi connectivity index (χ1n) is 9.05. The summed E-state index contributed by atoms with van der Waals surface area (Å²) in [4.78, 5) is 11.4. The largest absolute Gasteiger partial charge is 0.497 e. The van der Waals surface area contributed by atoms with E-state index in [0.29, 0.717) is 30.0 Å². The summed E-state index contributed by atoms with van der Waals surface area (Å²) in [7, 11) is 1.65. The molecule has 144 valence electrons. The molecule has 8 nitrogen and oxygen atoms in total. The highest BCUT2D eigenvalue weighted by Gasteiger charge is 2.24. The average molecular weight is 389 g/mol. The number of hydrogen-bond donors (Lipinski definition) is 0. The van der Waals surface area contributed by atoms with E-state index in [2.05, 4.69) is 24.8 Å². The Labute approximate surface area is 163 Å². The smallest absolute Gasteiger partial charge is 0.260 e. The van der Waals surface area contributed by atoms with Crippen LogP contribution in [-0.2, 0) is 11.3 Å². The van der Waals surface area contributed by atoms with Crippen LogP contribution in [0.4, 0.5) is 0 Å². The van der Waals surface area contributed by atoms with Crippen LogP contribution in [0.1, 0.15) is 5.89 Å². The van der Waals surface area contributed by atoms with Gasteiger partial charge in [0.05, 0.1) is 26.9 Å². The van der Waals surface area contributed by atoms with Crippen LogP contribution in [0, 0.1) is 0 Å². The van der Waals surface area contributed by atoms with Crippen molar-refractivity contribution in [2.24, 2.45) is 0 Å². The molecule has 0 N–H and O–H groups in total. The summed E-state index contributed by atoms with van der Waals surface area (Å²) in [6, 6.07) is 7.64. The normalized spacial score (nSPS) is 18.7. The number of benzene rings is 1. The molecule has 3 heterocycles. The quantitative estimate of drug-likeness (QED) is 0.683. The van der Waals surface area contributed by atoms with Crippen LogP contribution in [0.3, 0.4) is 0 Å². The molecule has 0 unspecified atom stereocenters. The predicted molar refractivity (Wildman–Crippen MR) is 103 cm³/mol. The Kier molecular flexibility index (Phi) is 5.51. The van der Waals surface area contributed by atoms with Gasteiger partial charge in [-0.2, -0.15) is 4.98 Å². The van der Waals surface area contributed by atoms with E-state index in [1.165, 1.54) is 0 Å². The Morgan fingerprint density at radius 1 is 1.07 bits per heavy atom. The van der Waals surface area contributed by atoms with Crippen molar-refractivity contribution >= 4 is 17.4 Å². The minimum atomic E-state index is 0.605. The van der Waals surface area contributed by atoms with Crippen LogP contribution in [0.5, 0.6) is 5.75 Å². The number of piperazine rings is 1. The van der Waals surface area contributed by atoms with Gasteiger partial charge in [-0.15, -0.1) is 0 Å². The molecule has 0 radical (unpaired) electrons. The molecule has 0 spiro atoms. The molecule has 9 heteroatoms. The first-order valence-corrected chi connectivity index (χ1v) is 9.45. The monoisotopic (exact) mass is 389 g/mol. The molecule has 1 aromatic carbocycles. The summed E-state index contributed by atoms with van der Waals surface area (Å²) in [6.45, 7) is 6.99. The van der Waals surface area contributed by atoms with Crippen LogP contribution < -0.4 is 4.74 Å². The fourth-order valence-corrected chi connectivity index (χ4v) is 3.48. The van der Waals surface area contributed by atoms with E-state index in [4.69, 9.17) is 26.2 Å². The van der Waals surface area contributed by atoms with Crippen molar-refractivity contribution in [2.45, 2.75) is 6.54 Å². The summed E-state index contributed by atoms with van der Waals surface area (Å²) < 4.78 is 16.0. The fraction of sp³-hybridized carbons (Fsp3) is 0.500. The molecular formula is C18H23N5O3S. The minimum Gasteiger partial charge on any atom is -0.497 e. The zero-order valence-electron chi connectivity index (χ0n) is 15.3. The molecule has 0 amide bonds. The van der Waals surface area contributed by atoms with Crippen molar-refractivity contribution in [3.05, 3.63) is 30.2 Å². The Balaban J connectivity index is 1.28. The lowest BCUT2D eigenvalue weighted by molar-refractivity contribution is 0.0915. The lowest BCUT2D eigenvalue weighted by Crippen LogP contribution is -2.49. The van der Waals surface area contributed by atoms with Crippen molar-refractivity contribution in [1.29, 1.82) is 0 Å². The van der Waals surface area contributed by atoms with E-state index >= 15 is 0 Å². The number of thiocarbonyl (C=S) groups is 1. The highest BCUT2D eigenvalue weighted by molar-refractivity contribution is 7.80. The molecule has 27 heavy (non-hydrogen) atoms. The molecule has 2 aromatic rings. The first kappa shape index (κ1) is 18.1. The van der Waals surface area contributed by atoms with E-state index in [1.54, 1.807) is 7.11 Å². The van der Waals surface area contributed by atoms with Gasteiger partial charge in [0.2, 0.25) is 11.7 Å². The average Bonchev–Trinajstić information content (AvgIpc) is 3.33. The number of ether oxygens (including phenoxy) is 2. The maximum absolute atomic E-state index is 5.44. The van der Waals surface area contributed by atoms with Crippen molar-refractivity contribution in [1.82, 2.24) is 24.8 Å². The zero-order chi connectivity index (χ0) is 18.6. The molecule has 2 fully saturated rings. The van der Waals surface area contributed by atoms with Gasteiger partial charge in [-0.1, -0.05) is 5.16 Å². The predicted octanol–water partition coefficient (Wildman–Crippen LogP) is 1.44. The van der Waals surface area contributed by atoms with Crippen LogP contribution in [0.2, 0.25) is 0 Å². The van der Waals surface area contributed by atoms with Crippen LogP contribution in [0.25, 0.3) is 11.4 Å². The fourth-order valence-electron chi connectivity index (χ4n) is 3.25. The molecule has 0 atom stereocenters. The third kappa shape index (κ3) is 4.37. The first-order chi connectivity index (χ1) is 13.2. The van der Waals surface area contributed by atoms with Gasteiger partial charge in [0.1, 0.15) is 12.4 Å². The second kappa shape index (κ2) is 8.20. The lowest BCUT2D eigenvalue weighted by Gasteiger charge is -2.35. The summed E-state index contributed by atoms with van der Waals surface area (Å²) in [5.41, 5.74) is 0.916. The van der Waals surface area contributed by atoms with E-state index in [9.17, 15) is 0 Å². The maximum atomic E-state index is 5.44. The van der Waals surface area contributed by atoms with Gasteiger partial charge in [0.15, 0.2) is 0 Å². The highest BCUT2D eigenvalue weighted by Crippen LogP contribution is 2.20. The second-order valence-electron chi connectivity index (χ2n) is 6.65. The van der Waals surface area contributed by atoms with E-state index < -0.39 is 0 Å². The number of rotatable bonds is 6. The molecule has 4 rings (SSSR count). The van der Waals surface area contributed by atoms with Gasteiger partial charge < -0.3 is 18.9 Å². The molecule has 2 saturated heterocycles. The van der Waals surface area contributed by atoms with Crippen molar-refractivity contribution < 1.29 is 14.0 Å².